The largest absolute Gasteiger partial charge is 0.478 e. The number of benzene rings is 1. The number of hydrogen-bond donors (Lipinski definition) is 2. The van der Waals surface area contributed by atoms with Crippen LogP contribution in [0.5, 0.6) is 0 Å². The molecule has 0 saturated carbocycles. The van der Waals surface area contributed by atoms with Crippen LogP contribution in [-0.2, 0) is 0 Å². The molecule has 1 aromatic carbocycles. The summed E-state index contributed by atoms with van der Waals surface area (Å²) in [5, 5.41) is 11.7. The number of hydrogen-bond acceptors (Lipinski definition) is 3. The average Bonchev–Trinajstić information content (AvgIpc) is 2.41. The summed E-state index contributed by atoms with van der Waals surface area (Å²) < 4.78 is 26.4. The summed E-state index contributed by atoms with van der Waals surface area (Å²) in [6.45, 7) is 1.57. The van der Waals surface area contributed by atoms with Crippen molar-refractivity contribution in [1.82, 2.24) is 10.2 Å². The molecule has 1 atom stereocenters. The second kappa shape index (κ2) is 6.17. The first kappa shape index (κ1) is 15.4. The van der Waals surface area contributed by atoms with Crippen molar-refractivity contribution < 1.29 is 23.5 Å². The fourth-order valence-corrected chi connectivity index (χ4v) is 2.46. The number of nitrogens with one attached hydrogen (secondary N) is 1. The minimum Gasteiger partial charge on any atom is -0.478 e. The third-order valence-electron chi connectivity index (χ3n) is 3.50. The van der Waals surface area contributed by atoms with Gasteiger partial charge in [-0.15, -0.1) is 0 Å². The fourth-order valence-electron chi connectivity index (χ4n) is 2.46. The Balaban J connectivity index is 2.22. The number of carbonyl (C=O) groups excluding carboxylic acids is 1. The van der Waals surface area contributed by atoms with Gasteiger partial charge in [0.15, 0.2) is 11.6 Å². The predicted molar refractivity (Wildman–Crippen MR) is 71.3 cm³/mol. The Kier molecular flexibility index (Phi) is 4.52. The topological polar surface area (TPSA) is 69.6 Å². The van der Waals surface area contributed by atoms with Crippen molar-refractivity contribution in [3.05, 3.63) is 34.9 Å². The molecular formula is C14H16F2N2O3. The highest BCUT2D eigenvalue weighted by atomic mass is 19.2. The molecule has 1 amide bonds. The molecule has 0 bridgehead atoms. The van der Waals surface area contributed by atoms with Crippen molar-refractivity contribution in [2.75, 3.05) is 20.1 Å². The summed E-state index contributed by atoms with van der Waals surface area (Å²) in [5.74, 6) is -4.71. The Morgan fingerprint density at radius 1 is 1.29 bits per heavy atom. The zero-order chi connectivity index (χ0) is 15.6. The van der Waals surface area contributed by atoms with E-state index in [1.165, 1.54) is 0 Å². The lowest BCUT2D eigenvalue weighted by Gasteiger charge is -2.30. The molecule has 1 aliphatic rings. The molecular weight excluding hydrogens is 282 g/mol. The fraction of sp³-hybridized carbons (Fsp3) is 0.429. The number of halogens is 2. The molecule has 2 N–H and O–H groups in total. The normalized spacial score (nSPS) is 19.3. The molecule has 7 heteroatoms. The van der Waals surface area contributed by atoms with E-state index in [0.717, 1.165) is 19.4 Å². The second-order valence-corrected chi connectivity index (χ2v) is 5.19. The van der Waals surface area contributed by atoms with Gasteiger partial charge in [0, 0.05) is 12.6 Å². The van der Waals surface area contributed by atoms with Gasteiger partial charge < -0.3 is 15.3 Å². The van der Waals surface area contributed by atoms with Gasteiger partial charge in [-0.3, -0.25) is 4.79 Å². The second-order valence-electron chi connectivity index (χ2n) is 5.19. The van der Waals surface area contributed by atoms with Crippen LogP contribution >= 0.6 is 0 Å². The molecule has 1 heterocycles. The molecule has 114 valence electrons. The Bertz CT molecular complexity index is 578. The van der Waals surface area contributed by atoms with Crippen LogP contribution in [0.1, 0.15) is 33.6 Å². The van der Waals surface area contributed by atoms with E-state index in [2.05, 4.69) is 5.32 Å². The summed E-state index contributed by atoms with van der Waals surface area (Å²) in [6, 6.07) is 1.02. The first-order valence-corrected chi connectivity index (χ1v) is 6.60. The number of amides is 1. The van der Waals surface area contributed by atoms with E-state index in [4.69, 9.17) is 5.11 Å². The van der Waals surface area contributed by atoms with Crippen molar-refractivity contribution in [3.8, 4) is 0 Å². The van der Waals surface area contributed by atoms with Crippen molar-refractivity contribution in [1.29, 1.82) is 0 Å². The summed E-state index contributed by atoms with van der Waals surface area (Å²) in [5.41, 5.74) is -0.912. The van der Waals surface area contributed by atoms with E-state index in [9.17, 15) is 18.4 Å². The zero-order valence-electron chi connectivity index (χ0n) is 11.5. The molecule has 0 radical (unpaired) electrons. The van der Waals surface area contributed by atoms with Crippen LogP contribution in [-0.4, -0.2) is 48.1 Å². The summed E-state index contributed by atoms with van der Waals surface area (Å²) >= 11 is 0. The lowest BCUT2D eigenvalue weighted by Crippen LogP contribution is -2.46. The van der Waals surface area contributed by atoms with Crippen LogP contribution in [0.15, 0.2) is 12.1 Å². The van der Waals surface area contributed by atoms with Crippen molar-refractivity contribution in [3.63, 3.8) is 0 Å². The van der Waals surface area contributed by atoms with Gasteiger partial charge in [0.2, 0.25) is 0 Å². The van der Waals surface area contributed by atoms with Crippen molar-refractivity contribution in [2.24, 2.45) is 0 Å². The third kappa shape index (κ3) is 3.55. The molecule has 1 unspecified atom stereocenters. The van der Waals surface area contributed by atoms with Crippen molar-refractivity contribution in [2.45, 2.75) is 18.9 Å². The van der Waals surface area contributed by atoms with E-state index in [0.29, 0.717) is 18.7 Å². The van der Waals surface area contributed by atoms with E-state index >= 15 is 0 Å². The van der Waals surface area contributed by atoms with Gasteiger partial charge in [0.1, 0.15) is 0 Å². The molecule has 5 nitrogen and oxygen atoms in total. The van der Waals surface area contributed by atoms with E-state index < -0.39 is 29.1 Å². The maximum absolute atomic E-state index is 13.3. The first-order valence-electron chi connectivity index (χ1n) is 6.60. The minimum atomic E-state index is -1.47. The van der Waals surface area contributed by atoms with E-state index in [1.54, 1.807) is 0 Å². The summed E-state index contributed by atoms with van der Waals surface area (Å²) in [7, 11) is 1.92. The number of nitrogens with zero attached hydrogens (tertiary/aromatic N) is 1. The average molecular weight is 298 g/mol. The van der Waals surface area contributed by atoms with Gasteiger partial charge in [0.25, 0.3) is 5.91 Å². The van der Waals surface area contributed by atoms with Gasteiger partial charge in [-0.2, -0.15) is 0 Å². The maximum atomic E-state index is 13.3. The Hall–Kier alpha value is -2.02. The van der Waals surface area contributed by atoms with Gasteiger partial charge in [-0.1, -0.05) is 0 Å². The quantitative estimate of drug-likeness (QED) is 0.887. The number of rotatable bonds is 3. The Morgan fingerprint density at radius 3 is 2.48 bits per heavy atom. The number of likely N-dealkylation sites (N-methyl/N-ethyl adjacent to an activating group) is 1. The SMILES string of the molecule is CN1CCCC(NC(=O)c2cc(F)c(F)cc2C(=O)O)C1. The Morgan fingerprint density at radius 2 is 1.90 bits per heavy atom. The number of likely N-dealkylation sites (tertiary alicyclic amines) is 1. The molecule has 0 spiro atoms. The molecule has 0 aliphatic carbocycles. The third-order valence-corrected chi connectivity index (χ3v) is 3.50. The van der Waals surface area contributed by atoms with Crippen LogP contribution in [0.2, 0.25) is 0 Å². The monoisotopic (exact) mass is 298 g/mol. The number of carboxylic acid groups (broad SMARTS) is 1. The van der Waals surface area contributed by atoms with Gasteiger partial charge in [-0.25, -0.2) is 13.6 Å². The van der Waals surface area contributed by atoms with Crippen LogP contribution in [0.25, 0.3) is 0 Å². The highest BCUT2D eigenvalue weighted by Crippen LogP contribution is 2.16. The number of piperidine rings is 1. The number of carbonyl (C=O) groups is 2. The van der Waals surface area contributed by atoms with Gasteiger partial charge >= 0.3 is 5.97 Å². The zero-order valence-corrected chi connectivity index (χ0v) is 11.5. The van der Waals surface area contributed by atoms with Gasteiger partial charge in [-0.05, 0) is 38.6 Å². The minimum absolute atomic E-state index is 0.133. The van der Waals surface area contributed by atoms with Crippen LogP contribution < -0.4 is 5.32 Å². The number of carboxylic acids is 1. The van der Waals surface area contributed by atoms with E-state index in [1.807, 2.05) is 11.9 Å². The molecule has 1 aromatic rings. The first-order chi connectivity index (χ1) is 9.88. The lowest BCUT2D eigenvalue weighted by molar-refractivity contribution is 0.0689. The highest BCUT2D eigenvalue weighted by Gasteiger charge is 2.24. The maximum Gasteiger partial charge on any atom is 0.336 e. The smallest absolute Gasteiger partial charge is 0.336 e. The van der Waals surface area contributed by atoms with Crippen molar-refractivity contribution >= 4 is 11.9 Å². The standard InChI is InChI=1S/C14H16F2N2O3/c1-18-4-2-3-8(7-18)17-13(19)9-5-11(15)12(16)6-10(9)14(20)21/h5-6,8H,2-4,7H2,1H3,(H,17,19)(H,20,21). The molecule has 0 aromatic heterocycles. The Labute approximate surface area is 120 Å². The van der Waals surface area contributed by atoms with Crippen LogP contribution in [0, 0.1) is 11.6 Å². The number of aromatic carboxylic acids is 1. The molecule has 1 saturated heterocycles. The predicted octanol–water partition coefficient (Wildman–Crippen LogP) is 1.49. The van der Waals surface area contributed by atoms with Crippen LogP contribution in [0.3, 0.4) is 0 Å². The molecule has 21 heavy (non-hydrogen) atoms. The molecule has 2 rings (SSSR count). The highest BCUT2D eigenvalue weighted by molar-refractivity contribution is 6.04. The molecule has 1 fully saturated rings. The van der Waals surface area contributed by atoms with Gasteiger partial charge in [0.05, 0.1) is 11.1 Å². The summed E-state index contributed by atoms with van der Waals surface area (Å²) in [6.07, 6.45) is 1.67. The molecule has 1 aliphatic heterocycles. The van der Waals surface area contributed by atoms with E-state index in [-0.39, 0.29) is 11.6 Å². The summed E-state index contributed by atoms with van der Waals surface area (Å²) in [4.78, 5) is 25.2. The van der Waals surface area contributed by atoms with Crippen LogP contribution in [0.4, 0.5) is 8.78 Å². The lowest BCUT2D eigenvalue weighted by atomic mass is 10.0.